The fourth-order valence-electron chi connectivity index (χ4n) is 2.74. The Morgan fingerprint density at radius 3 is 2.65 bits per heavy atom. The Labute approximate surface area is 152 Å². The van der Waals surface area contributed by atoms with Crippen LogP contribution in [0.2, 0.25) is 0 Å². The molecule has 3 heterocycles. The summed E-state index contributed by atoms with van der Waals surface area (Å²) in [6.45, 7) is 0.466. The van der Waals surface area contributed by atoms with Crippen molar-refractivity contribution in [1.82, 2.24) is 34.8 Å². The summed E-state index contributed by atoms with van der Waals surface area (Å²) in [4.78, 5) is 0.761. The molecule has 126 valence electrons. The summed E-state index contributed by atoms with van der Waals surface area (Å²) < 4.78 is 3.58. The van der Waals surface area contributed by atoms with E-state index in [2.05, 4.69) is 37.7 Å². The predicted octanol–water partition coefficient (Wildman–Crippen LogP) is 3.15. The zero-order chi connectivity index (χ0) is 17.3. The topological polar surface area (TPSA) is 73.8 Å². The summed E-state index contributed by atoms with van der Waals surface area (Å²) in [7, 11) is 0. The van der Waals surface area contributed by atoms with Gasteiger partial charge >= 0.3 is 0 Å². The minimum Gasteiger partial charge on any atom is -0.237 e. The van der Waals surface area contributed by atoms with Gasteiger partial charge in [0.1, 0.15) is 17.1 Å². The molecule has 26 heavy (non-hydrogen) atoms. The normalized spacial score (nSPS) is 11.8. The molecule has 0 spiro atoms. The minimum absolute atomic E-state index is 0.466. The van der Waals surface area contributed by atoms with Crippen molar-refractivity contribution >= 4 is 39.5 Å². The van der Waals surface area contributed by atoms with Gasteiger partial charge in [-0.05, 0) is 23.8 Å². The molecule has 5 rings (SSSR count). The Bertz CT molecular complexity index is 1220. The van der Waals surface area contributed by atoms with Crippen molar-refractivity contribution in [2.24, 2.45) is 0 Å². The largest absolute Gasteiger partial charge is 0.237 e. The minimum atomic E-state index is 0.466. The molecule has 3 aromatic heterocycles. The Morgan fingerprint density at radius 1 is 0.885 bits per heavy atom. The summed E-state index contributed by atoms with van der Waals surface area (Å²) in [6.07, 6.45) is 4.03. The van der Waals surface area contributed by atoms with Crippen LogP contribution in [0.15, 0.2) is 54.6 Å². The van der Waals surface area contributed by atoms with Crippen LogP contribution in [0, 0.1) is 0 Å². The molecule has 0 saturated heterocycles. The molecule has 0 atom stereocenters. The third-order valence-electron chi connectivity index (χ3n) is 4.00. The highest BCUT2D eigenvalue weighted by molar-refractivity contribution is 7.17. The molecule has 7 nitrogen and oxygen atoms in total. The van der Waals surface area contributed by atoms with Crippen molar-refractivity contribution in [1.29, 1.82) is 0 Å². The van der Waals surface area contributed by atoms with Crippen molar-refractivity contribution in [2.45, 2.75) is 6.54 Å². The zero-order valence-corrected chi connectivity index (χ0v) is 14.4. The smallest absolute Gasteiger partial charge is 0.235 e. The van der Waals surface area contributed by atoms with Gasteiger partial charge in [-0.1, -0.05) is 65.1 Å². The standard InChI is InChI=1S/C18H13N7S/c1-2-6-13(7-3-1)10-11-17-22-25-16(20-21-18(25)26-17)12-24-15-9-5-4-8-14(15)19-23-24/h1-11H,12H2. The van der Waals surface area contributed by atoms with Crippen molar-refractivity contribution in [3.8, 4) is 0 Å². The van der Waals surface area contributed by atoms with Gasteiger partial charge in [0.05, 0.1) is 5.52 Å². The lowest BCUT2D eigenvalue weighted by atomic mass is 10.2. The first-order valence-electron chi connectivity index (χ1n) is 8.09. The summed E-state index contributed by atoms with van der Waals surface area (Å²) in [5, 5.41) is 22.3. The number of hydrogen-bond acceptors (Lipinski definition) is 6. The highest BCUT2D eigenvalue weighted by Crippen LogP contribution is 2.18. The second kappa shape index (κ2) is 6.16. The summed E-state index contributed by atoms with van der Waals surface area (Å²) in [5.41, 5.74) is 2.95. The van der Waals surface area contributed by atoms with Gasteiger partial charge in [-0.3, -0.25) is 0 Å². The lowest BCUT2D eigenvalue weighted by Crippen LogP contribution is -2.06. The average molecular weight is 359 g/mol. The fraction of sp³-hybridized carbons (Fsp3) is 0.0556. The van der Waals surface area contributed by atoms with E-state index in [9.17, 15) is 0 Å². The highest BCUT2D eigenvalue weighted by Gasteiger charge is 2.13. The van der Waals surface area contributed by atoms with Crippen LogP contribution in [0.3, 0.4) is 0 Å². The van der Waals surface area contributed by atoms with Crippen LogP contribution in [0.25, 0.3) is 28.1 Å². The maximum atomic E-state index is 4.61. The number of rotatable bonds is 4. The molecular weight excluding hydrogens is 346 g/mol. The summed E-state index contributed by atoms with van der Waals surface area (Å²) >= 11 is 1.50. The Hall–Kier alpha value is -3.39. The Balaban J connectivity index is 1.46. The molecule has 8 heteroatoms. The van der Waals surface area contributed by atoms with E-state index in [0.29, 0.717) is 6.54 Å². The lowest BCUT2D eigenvalue weighted by molar-refractivity contribution is 0.628. The van der Waals surface area contributed by atoms with Crippen LogP contribution in [0.5, 0.6) is 0 Å². The van der Waals surface area contributed by atoms with E-state index in [0.717, 1.165) is 32.4 Å². The molecule has 0 aliphatic rings. The molecule has 0 saturated carbocycles. The molecule has 0 N–H and O–H groups in total. The number of fused-ring (bicyclic) bond motifs is 2. The van der Waals surface area contributed by atoms with Crippen LogP contribution in [-0.2, 0) is 6.54 Å². The van der Waals surface area contributed by atoms with Crippen LogP contribution in [-0.4, -0.2) is 34.8 Å². The molecule has 0 fully saturated rings. The Morgan fingerprint density at radius 2 is 1.73 bits per heavy atom. The van der Waals surface area contributed by atoms with E-state index in [1.807, 2.05) is 59.3 Å². The van der Waals surface area contributed by atoms with Gasteiger partial charge in [0.15, 0.2) is 5.82 Å². The summed E-state index contributed by atoms with van der Waals surface area (Å²) in [6, 6.07) is 18.0. The van der Waals surface area contributed by atoms with Crippen molar-refractivity contribution in [3.05, 3.63) is 71.0 Å². The number of nitrogens with zero attached hydrogens (tertiary/aromatic N) is 7. The van der Waals surface area contributed by atoms with Gasteiger partial charge in [-0.15, -0.1) is 15.3 Å². The molecule has 0 unspecified atom stereocenters. The van der Waals surface area contributed by atoms with Gasteiger partial charge < -0.3 is 0 Å². The number of benzene rings is 2. The highest BCUT2D eigenvalue weighted by atomic mass is 32.1. The zero-order valence-electron chi connectivity index (χ0n) is 13.6. The van der Waals surface area contributed by atoms with E-state index < -0.39 is 0 Å². The van der Waals surface area contributed by atoms with Gasteiger partial charge in [0.2, 0.25) is 4.96 Å². The Kier molecular flexibility index (Phi) is 3.53. The maximum Gasteiger partial charge on any atom is 0.235 e. The average Bonchev–Trinajstić information content (AvgIpc) is 3.37. The van der Waals surface area contributed by atoms with Crippen LogP contribution >= 0.6 is 11.3 Å². The summed E-state index contributed by atoms with van der Waals surface area (Å²) in [5.74, 6) is 0.728. The van der Waals surface area contributed by atoms with Crippen LogP contribution in [0.1, 0.15) is 16.4 Å². The van der Waals surface area contributed by atoms with Crippen LogP contribution < -0.4 is 0 Å². The van der Waals surface area contributed by atoms with E-state index >= 15 is 0 Å². The van der Waals surface area contributed by atoms with Crippen molar-refractivity contribution < 1.29 is 0 Å². The second-order valence-electron chi connectivity index (χ2n) is 5.73. The maximum absolute atomic E-state index is 4.61. The molecule has 2 aromatic carbocycles. The molecule has 0 bridgehead atoms. The van der Waals surface area contributed by atoms with E-state index in [1.165, 1.54) is 11.3 Å². The van der Waals surface area contributed by atoms with E-state index in [4.69, 9.17) is 0 Å². The van der Waals surface area contributed by atoms with Gasteiger partial charge in [0, 0.05) is 0 Å². The predicted molar refractivity (Wildman–Crippen MR) is 101 cm³/mol. The molecule has 0 aliphatic heterocycles. The SMILES string of the molecule is C(=Cc1nn2c(Cn3nnc4ccccc43)nnc2s1)c1ccccc1. The van der Waals surface area contributed by atoms with Gasteiger partial charge in [0.25, 0.3) is 0 Å². The van der Waals surface area contributed by atoms with Gasteiger partial charge in [-0.25, -0.2) is 4.68 Å². The first kappa shape index (κ1) is 14.9. The fourth-order valence-corrected chi connectivity index (χ4v) is 3.50. The van der Waals surface area contributed by atoms with Crippen molar-refractivity contribution in [3.63, 3.8) is 0 Å². The lowest BCUT2D eigenvalue weighted by Gasteiger charge is -1.98. The van der Waals surface area contributed by atoms with E-state index in [1.54, 1.807) is 4.52 Å². The molecule has 0 aliphatic carbocycles. The third-order valence-corrected chi connectivity index (χ3v) is 4.86. The quantitative estimate of drug-likeness (QED) is 0.493. The molecule has 0 radical (unpaired) electrons. The first-order chi connectivity index (χ1) is 12.9. The molecule has 0 amide bonds. The van der Waals surface area contributed by atoms with Crippen LogP contribution in [0.4, 0.5) is 0 Å². The number of hydrogen-bond donors (Lipinski definition) is 0. The van der Waals surface area contributed by atoms with Gasteiger partial charge in [-0.2, -0.15) is 9.61 Å². The number of para-hydroxylation sites is 1. The van der Waals surface area contributed by atoms with Crippen molar-refractivity contribution in [2.75, 3.05) is 0 Å². The molecule has 5 aromatic rings. The van der Waals surface area contributed by atoms with E-state index in [-0.39, 0.29) is 0 Å². The molecular formula is C18H13N7S. The third kappa shape index (κ3) is 2.66. The first-order valence-corrected chi connectivity index (χ1v) is 8.91. The monoisotopic (exact) mass is 359 g/mol. The second-order valence-corrected chi connectivity index (χ2v) is 6.72. The number of aromatic nitrogens is 7.